The molecule has 0 saturated carbocycles. The minimum Gasteiger partial charge on any atom is -0.491 e. The molecule has 48 heavy (non-hydrogen) atoms. The summed E-state index contributed by atoms with van der Waals surface area (Å²) in [6.45, 7) is 7.82. The van der Waals surface area contributed by atoms with Crippen LogP contribution < -0.4 is 9.80 Å². The van der Waals surface area contributed by atoms with Gasteiger partial charge in [-0.1, -0.05) is 93.1 Å². The molecule has 0 saturated heterocycles. The third-order valence-corrected chi connectivity index (χ3v) is 10.2. The van der Waals surface area contributed by atoms with E-state index in [-0.39, 0.29) is 6.10 Å². The van der Waals surface area contributed by atoms with Crippen molar-refractivity contribution in [3.63, 3.8) is 0 Å². The van der Waals surface area contributed by atoms with Gasteiger partial charge in [0.2, 0.25) is 0 Å². The Morgan fingerprint density at radius 2 is 1.29 bits per heavy atom. The summed E-state index contributed by atoms with van der Waals surface area (Å²) in [5.41, 5.74) is 6.84. The Balaban J connectivity index is 1.17. The van der Waals surface area contributed by atoms with Crippen molar-refractivity contribution < 1.29 is 14.2 Å². The van der Waals surface area contributed by atoms with Gasteiger partial charge >= 0.3 is 0 Å². The molecule has 6 heteroatoms. The van der Waals surface area contributed by atoms with E-state index in [4.69, 9.17) is 14.2 Å². The van der Waals surface area contributed by atoms with Crippen molar-refractivity contribution in [3.8, 4) is 0 Å². The third-order valence-electron chi connectivity index (χ3n) is 9.13. The number of hydrogen-bond donors (Lipinski definition) is 0. The van der Waals surface area contributed by atoms with Crippen molar-refractivity contribution >= 4 is 45.3 Å². The Hall–Kier alpha value is -4.29. The van der Waals surface area contributed by atoms with Crippen LogP contribution in [-0.2, 0) is 14.2 Å². The lowest BCUT2D eigenvalue weighted by atomic mass is 9.98. The van der Waals surface area contributed by atoms with E-state index in [0.29, 0.717) is 12.5 Å². The summed E-state index contributed by atoms with van der Waals surface area (Å²) in [4.78, 5) is 5.86. The molecule has 0 fully saturated rings. The van der Waals surface area contributed by atoms with Gasteiger partial charge in [-0.15, -0.1) is 11.8 Å². The van der Waals surface area contributed by atoms with Crippen LogP contribution in [0.4, 0.5) is 11.4 Å². The maximum atomic E-state index is 6.83. The van der Waals surface area contributed by atoms with Crippen LogP contribution in [0, 0.1) is 5.92 Å². The van der Waals surface area contributed by atoms with E-state index in [9.17, 15) is 0 Å². The zero-order chi connectivity index (χ0) is 33.3. The van der Waals surface area contributed by atoms with Crippen LogP contribution in [0.15, 0.2) is 109 Å². The van der Waals surface area contributed by atoms with Crippen molar-refractivity contribution in [2.24, 2.45) is 5.92 Å². The largest absolute Gasteiger partial charge is 0.491 e. The van der Waals surface area contributed by atoms with Crippen molar-refractivity contribution in [2.75, 3.05) is 56.0 Å². The van der Waals surface area contributed by atoms with E-state index < -0.39 is 0 Å². The summed E-state index contributed by atoms with van der Waals surface area (Å²) in [5, 5.41) is 0. The summed E-state index contributed by atoms with van der Waals surface area (Å²) < 4.78 is 19.6. The molecular weight excluding hydrogens is 613 g/mol. The number of nitrogens with zero attached hydrogens (tertiary/aromatic N) is 2. The van der Waals surface area contributed by atoms with Crippen LogP contribution in [0.2, 0.25) is 0 Å². The first kappa shape index (κ1) is 33.6. The lowest BCUT2D eigenvalue weighted by Gasteiger charge is -2.34. The fraction of sp³-hybridized carbons (Fsp3) is 0.333. The highest BCUT2D eigenvalue weighted by molar-refractivity contribution is 8.08. The summed E-state index contributed by atoms with van der Waals surface area (Å²) in [7, 11) is 4.11. The van der Waals surface area contributed by atoms with Crippen molar-refractivity contribution in [2.45, 2.75) is 39.2 Å². The van der Waals surface area contributed by atoms with E-state index >= 15 is 0 Å². The summed E-state index contributed by atoms with van der Waals surface area (Å²) in [5.74, 6) is 3.89. The van der Waals surface area contributed by atoms with Crippen molar-refractivity contribution in [1.82, 2.24) is 0 Å². The Bertz CT molecular complexity index is 1670. The maximum Gasteiger partial charge on any atom is 0.169 e. The Labute approximate surface area is 291 Å². The number of thioether (sulfide) groups is 1. The van der Waals surface area contributed by atoms with E-state index in [0.717, 1.165) is 84.4 Å². The minimum atomic E-state index is -0.0351. The van der Waals surface area contributed by atoms with Gasteiger partial charge in [-0.25, -0.2) is 0 Å². The smallest absolute Gasteiger partial charge is 0.169 e. The number of benzene rings is 4. The molecule has 2 heterocycles. The van der Waals surface area contributed by atoms with E-state index in [1.54, 1.807) is 0 Å². The molecule has 4 aromatic carbocycles. The molecular formula is C42H48N2O3S. The SMILES string of the molecule is CCCCN(CCC(C)C1COC(c2ccc(N(C)C)cc2)=C(c2ccccc2)O1)c1ccc(C2=C(c3ccccc3)OCCS2)cc1. The monoisotopic (exact) mass is 660 g/mol. The highest BCUT2D eigenvalue weighted by atomic mass is 32.2. The average Bonchev–Trinajstić information content (AvgIpc) is 3.15. The number of ether oxygens (including phenoxy) is 3. The first-order valence-electron chi connectivity index (χ1n) is 17.3. The van der Waals surface area contributed by atoms with Crippen LogP contribution in [0.25, 0.3) is 22.2 Å². The highest BCUT2D eigenvalue weighted by Crippen LogP contribution is 2.40. The summed E-state index contributed by atoms with van der Waals surface area (Å²) in [6.07, 6.45) is 3.28. The van der Waals surface area contributed by atoms with Crippen LogP contribution in [-0.4, -0.2) is 52.3 Å². The predicted octanol–water partition coefficient (Wildman–Crippen LogP) is 9.92. The minimum absolute atomic E-state index is 0.0351. The Morgan fingerprint density at radius 1 is 0.688 bits per heavy atom. The number of rotatable bonds is 13. The first-order valence-corrected chi connectivity index (χ1v) is 18.3. The van der Waals surface area contributed by atoms with Gasteiger partial charge in [0.15, 0.2) is 11.5 Å². The molecule has 6 rings (SSSR count). The molecule has 0 aromatic heterocycles. The van der Waals surface area contributed by atoms with Crippen molar-refractivity contribution in [3.05, 3.63) is 131 Å². The number of anilines is 2. The van der Waals surface area contributed by atoms with Gasteiger partial charge in [-0.2, -0.15) is 0 Å². The second kappa shape index (κ2) is 16.2. The molecule has 0 bridgehead atoms. The third kappa shape index (κ3) is 8.04. The fourth-order valence-corrected chi connectivity index (χ4v) is 7.17. The van der Waals surface area contributed by atoms with Crippen molar-refractivity contribution in [1.29, 1.82) is 0 Å². The topological polar surface area (TPSA) is 34.2 Å². The predicted molar refractivity (Wildman–Crippen MR) is 204 cm³/mol. The molecule has 0 amide bonds. The zero-order valence-electron chi connectivity index (χ0n) is 28.7. The van der Waals surface area contributed by atoms with E-state index in [2.05, 4.69) is 141 Å². The average molecular weight is 661 g/mol. The molecule has 250 valence electrons. The van der Waals surface area contributed by atoms with Gasteiger partial charge in [0.25, 0.3) is 0 Å². The highest BCUT2D eigenvalue weighted by Gasteiger charge is 2.30. The Morgan fingerprint density at radius 3 is 1.94 bits per heavy atom. The van der Waals surface area contributed by atoms with Gasteiger partial charge in [0.05, 0.1) is 11.5 Å². The molecule has 0 radical (unpaired) electrons. The molecule has 5 nitrogen and oxygen atoms in total. The van der Waals surface area contributed by atoms with Gasteiger partial charge in [-0.3, -0.25) is 0 Å². The molecule has 4 aromatic rings. The van der Waals surface area contributed by atoms with Crippen LogP contribution in [0.1, 0.15) is 55.4 Å². The fourth-order valence-electron chi connectivity index (χ4n) is 6.19. The lowest BCUT2D eigenvalue weighted by Crippen LogP contribution is -2.34. The number of hydrogen-bond acceptors (Lipinski definition) is 6. The summed E-state index contributed by atoms with van der Waals surface area (Å²) >= 11 is 1.89. The molecule has 2 aliphatic heterocycles. The van der Waals surface area contributed by atoms with Gasteiger partial charge in [0.1, 0.15) is 18.5 Å². The van der Waals surface area contributed by atoms with Crippen LogP contribution in [0.3, 0.4) is 0 Å². The standard InChI is InChI=1S/C42H48N2O3S/c1-5-6-26-44(37-23-19-35(20-24-37)42-41(45-28-29-48-42)33-15-11-8-12-16-33)27-25-31(2)38-30-46-39(34-17-21-36(22-18-34)43(3)4)40(47-38)32-13-9-7-10-14-32/h7-24,31,38H,5-6,25-30H2,1-4H3. The molecule has 2 aliphatic rings. The van der Waals surface area contributed by atoms with E-state index in [1.807, 2.05) is 17.8 Å². The molecule has 0 spiro atoms. The quantitative estimate of drug-likeness (QED) is 0.142. The molecule has 2 unspecified atom stereocenters. The molecule has 0 aliphatic carbocycles. The number of unbranched alkanes of at least 4 members (excludes halogenated alkanes) is 1. The first-order chi connectivity index (χ1) is 23.5. The second-order valence-corrected chi connectivity index (χ2v) is 13.9. The van der Waals surface area contributed by atoms with Crippen LogP contribution >= 0.6 is 11.8 Å². The maximum absolute atomic E-state index is 6.83. The summed E-state index contributed by atoms with van der Waals surface area (Å²) in [6, 6.07) is 38.4. The van der Waals surface area contributed by atoms with E-state index in [1.165, 1.54) is 16.2 Å². The van der Waals surface area contributed by atoms with Gasteiger partial charge in [0, 0.05) is 61.0 Å². The molecule has 2 atom stereocenters. The second-order valence-electron chi connectivity index (χ2n) is 12.8. The Kier molecular flexibility index (Phi) is 11.3. The molecule has 0 N–H and O–H groups in total. The lowest BCUT2D eigenvalue weighted by molar-refractivity contribution is 0.0269. The van der Waals surface area contributed by atoms with Crippen LogP contribution in [0.5, 0.6) is 0 Å². The zero-order valence-corrected chi connectivity index (χ0v) is 29.5. The normalized spacial score (nSPS) is 16.9. The van der Waals surface area contributed by atoms with Gasteiger partial charge in [-0.05, 0) is 60.7 Å². The van der Waals surface area contributed by atoms with Gasteiger partial charge < -0.3 is 24.0 Å².